The Bertz CT molecular complexity index is 1210. The van der Waals surface area contributed by atoms with Crippen molar-refractivity contribution in [1.29, 1.82) is 0 Å². The number of nitrogens with zero attached hydrogens (tertiary/aromatic N) is 1. The van der Waals surface area contributed by atoms with Crippen LogP contribution in [-0.2, 0) is 12.6 Å². The maximum Gasteiger partial charge on any atom is 0.418 e. The number of carbonyl (C=O) groups excluding carboxylic acids is 2. The molecule has 0 unspecified atom stereocenters. The highest BCUT2D eigenvalue weighted by molar-refractivity contribution is 5.99. The van der Waals surface area contributed by atoms with Crippen molar-refractivity contribution < 1.29 is 32.2 Å². The Morgan fingerprint density at radius 3 is 2.75 bits per heavy atom. The molecular weight excluding hydrogens is 425 g/mol. The molecule has 2 N–H and O–H groups in total. The third-order valence-corrected chi connectivity index (χ3v) is 5.05. The second-order valence-electron chi connectivity index (χ2n) is 7.14. The molecule has 0 aliphatic carbocycles. The number of pyridine rings is 1. The first-order valence-corrected chi connectivity index (χ1v) is 9.63. The molecule has 1 aliphatic rings. The lowest BCUT2D eigenvalue weighted by Crippen LogP contribution is -2.16. The van der Waals surface area contributed by atoms with Crippen LogP contribution in [0.4, 0.5) is 13.2 Å². The van der Waals surface area contributed by atoms with Gasteiger partial charge in [-0.05, 0) is 35.9 Å². The SMILES string of the molecule is NC(=O)c1cccc(Oc2ccc3c(c2)OCCC3=O)c1Cc1ccncc1C(F)(F)F. The fraction of sp³-hybridized carbons (Fsp3) is 0.174. The number of primary amides is 1. The van der Waals surface area contributed by atoms with Crippen LogP contribution in [0.15, 0.2) is 54.9 Å². The second-order valence-corrected chi connectivity index (χ2v) is 7.14. The van der Waals surface area contributed by atoms with Crippen LogP contribution in [0.2, 0.25) is 0 Å². The van der Waals surface area contributed by atoms with Crippen LogP contribution in [0, 0.1) is 0 Å². The van der Waals surface area contributed by atoms with Crippen LogP contribution in [0.25, 0.3) is 0 Å². The standard InChI is InChI=1S/C23H17F3N2O4/c24-23(25,26)18-12-28-8-6-13(18)10-17-15(22(27)30)2-1-3-20(17)32-14-4-5-16-19(29)7-9-31-21(16)11-14/h1-6,8,11-12H,7,9-10H2,(H2,27,30). The summed E-state index contributed by atoms with van der Waals surface area (Å²) in [6.07, 6.45) is -2.61. The number of halogens is 3. The van der Waals surface area contributed by atoms with Crippen molar-refractivity contribution in [3.8, 4) is 17.2 Å². The van der Waals surface area contributed by atoms with Crippen molar-refractivity contribution in [2.45, 2.75) is 19.0 Å². The summed E-state index contributed by atoms with van der Waals surface area (Å²) in [4.78, 5) is 27.5. The molecule has 1 aromatic heterocycles. The molecule has 2 aromatic carbocycles. The lowest BCUT2D eigenvalue weighted by Gasteiger charge is -2.19. The summed E-state index contributed by atoms with van der Waals surface area (Å²) < 4.78 is 51.7. The van der Waals surface area contributed by atoms with Gasteiger partial charge in [0.1, 0.15) is 17.2 Å². The summed E-state index contributed by atoms with van der Waals surface area (Å²) in [6.45, 7) is 0.250. The van der Waals surface area contributed by atoms with Crippen molar-refractivity contribution in [3.63, 3.8) is 0 Å². The number of hydrogen-bond donors (Lipinski definition) is 1. The van der Waals surface area contributed by atoms with Gasteiger partial charge in [0.05, 0.1) is 17.7 Å². The summed E-state index contributed by atoms with van der Waals surface area (Å²) in [5.74, 6) is -0.0284. The predicted octanol–water partition coefficient (Wildman–Crippen LogP) is 4.55. The van der Waals surface area contributed by atoms with E-state index in [0.29, 0.717) is 17.1 Å². The molecule has 1 amide bonds. The Morgan fingerprint density at radius 2 is 2.00 bits per heavy atom. The van der Waals surface area contributed by atoms with Gasteiger partial charge in [-0.25, -0.2) is 0 Å². The van der Waals surface area contributed by atoms with E-state index in [9.17, 15) is 22.8 Å². The smallest absolute Gasteiger partial charge is 0.418 e. The first kappa shape index (κ1) is 21.4. The molecule has 164 valence electrons. The quantitative estimate of drug-likeness (QED) is 0.626. The van der Waals surface area contributed by atoms with Crippen molar-refractivity contribution >= 4 is 11.7 Å². The molecule has 0 fully saturated rings. The van der Waals surface area contributed by atoms with Crippen LogP contribution in [-0.4, -0.2) is 23.3 Å². The van der Waals surface area contributed by atoms with E-state index in [0.717, 1.165) is 6.20 Å². The van der Waals surface area contributed by atoms with Gasteiger partial charge in [-0.3, -0.25) is 14.6 Å². The van der Waals surface area contributed by atoms with E-state index in [1.54, 1.807) is 12.1 Å². The number of rotatable bonds is 5. The van der Waals surface area contributed by atoms with Gasteiger partial charge in [0.25, 0.3) is 0 Å². The highest BCUT2D eigenvalue weighted by Crippen LogP contribution is 2.37. The average Bonchev–Trinajstić information content (AvgIpc) is 2.74. The first-order valence-electron chi connectivity index (χ1n) is 9.63. The van der Waals surface area contributed by atoms with Crippen molar-refractivity contribution in [1.82, 2.24) is 4.98 Å². The van der Waals surface area contributed by atoms with Crippen LogP contribution < -0.4 is 15.2 Å². The van der Waals surface area contributed by atoms with E-state index in [1.165, 1.54) is 36.5 Å². The molecule has 0 atom stereocenters. The van der Waals surface area contributed by atoms with Gasteiger partial charge in [-0.1, -0.05) is 6.07 Å². The molecule has 0 saturated heterocycles. The van der Waals surface area contributed by atoms with E-state index < -0.39 is 17.6 Å². The minimum absolute atomic E-state index is 0.0387. The summed E-state index contributed by atoms with van der Waals surface area (Å²) in [5, 5.41) is 0. The number of ketones is 1. The molecule has 4 rings (SSSR count). The van der Waals surface area contributed by atoms with Gasteiger partial charge in [0.2, 0.25) is 5.91 Å². The van der Waals surface area contributed by atoms with Crippen molar-refractivity contribution in [2.75, 3.05) is 6.61 Å². The first-order chi connectivity index (χ1) is 15.2. The van der Waals surface area contributed by atoms with Gasteiger partial charge in [0, 0.05) is 42.4 Å². The predicted molar refractivity (Wildman–Crippen MR) is 108 cm³/mol. The molecule has 6 nitrogen and oxygen atoms in total. The van der Waals surface area contributed by atoms with Gasteiger partial charge < -0.3 is 15.2 Å². The fourth-order valence-electron chi connectivity index (χ4n) is 3.53. The van der Waals surface area contributed by atoms with Crippen molar-refractivity contribution in [2.24, 2.45) is 5.73 Å². The maximum atomic E-state index is 13.4. The number of nitrogens with two attached hydrogens (primary N) is 1. The number of carbonyl (C=O) groups is 2. The monoisotopic (exact) mass is 442 g/mol. The number of fused-ring (bicyclic) bond motifs is 1. The Balaban J connectivity index is 1.75. The number of alkyl halides is 3. The molecule has 2 heterocycles. The molecule has 9 heteroatoms. The molecule has 0 spiro atoms. The number of aromatic nitrogens is 1. The van der Waals surface area contributed by atoms with Gasteiger partial charge in [-0.15, -0.1) is 0 Å². The zero-order valence-corrected chi connectivity index (χ0v) is 16.6. The second kappa shape index (κ2) is 8.33. The summed E-state index contributed by atoms with van der Waals surface area (Å²) in [5.41, 5.74) is 5.16. The lowest BCUT2D eigenvalue weighted by molar-refractivity contribution is -0.138. The number of Topliss-reactive ketones (excluding diaryl/α,β-unsaturated/α-hetero) is 1. The third kappa shape index (κ3) is 4.27. The topological polar surface area (TPSA) is 91.5 Å². The number of benzene rings is 2. The summed E-state index contributed by atoms with van der Waals surface area (Å²) in [6, 6.07) is 10.4. The largest absolute Gasteiger partial charge is 0.492 e. The number of hydrogen-bond acceptors (Lipinski definition) is 5. The number of ether oxygens (including phenoxy) is 2. The molecule has 1 aliphatic heterocycles. The van der Waals surface area contributed by atoms with E-state index in [2.05, 4.69) is 4.98 Å². The molecule has 32 heavy (non-hydrogen) atoms. The Morgan fingerprint density at radius 1 is 1.19 bits per heavy atom. The van der Waals surface area contributed by atoms with Crippen LogP contribution in [0.1, 0.15) is 43.8 Å². The van der Waals surface area contributed by atoms with Gasteiger partial charge in [0.15, 0.2) is 5.78 Å². The Labute approximate surface area is 180 Å². The van der Waals surface area contributed by atoms with Crippen molar-refractivity contribution in [3.05, 3.63) is 82.7 Å². The van der Waals surface area contributed by atoms with E-state index >= 15 is 0 Å². The van der Waals surface area contributed by atoms with E-state index in [1.807, 2.05) is 0 Å². The maximum absolute atomic E-state index is 13.4. The highest BCUT2D eigenvalue weighted by atomic mass is 19.4. The zero-order chi connectivity index (χ0) is 22.9. The lowest BCUT2D eigenvalue weighted by atomic mass is 9.96. The normalized spacial score (nSPS) is 13.3. The Hall–Kier alpha value is -3.88. The minimum Gasteiger partial charge on any atom is -0.492 e. The Kier molecular flexibility index (Phi) is 5.56. The van der Waals surface area contributed by atoms with Crippen LogP contribution >= 0.6 is 0 Å². The molecule has 0 bridgehead atoms. The average molecular weight is 442 g/mol. The van der Waals surface area contributed by atoms with E-state index in [4.69, 9.17) is 15.2 Å². The van der Waals surface area contributed by atoms with Crippen LogP contribution in [0.3, 0.4) is 0 Å². The highest BCUT2D eigenvalue weighted by Gasteiger charge is 2.34. The molecule has 3 aromatic rings. The minimum atomic E-state index is -4.62. The molecule has 0 saturated carbocycles. The van der Waals surface area contributed by atoms with Crippen LogP contribution in [0.5, 0.6) is 17.2 Å². The summed E-state index contributed by atoms with van der Waals surface area (Å²) in [7, 11) is 0. The van der Waals surface area contributed by atoms with E-state index in [-0.39, 0.29) is 47.7 Å². The zero-order valence-electron chi connectivity index (χ0n) is 16.6. The third-order valence-electron chi connectivity index (χ3n) is 5.05. The fourth-order valence-corrected chi connectivity index (χ4v) is 3.53. The molecule has 0 radical (unpaired) electrons. The number of amides is 1. The molecular formula is C23H17F3N2O4. The van der Waals surface area contributed by atoms with Gasteiger partial charge in [-0.2, -0.15) is 13.2 Å². The summed E-state index contributed by atoms with van der Waals surface area (Å²) >= 11 is 0. The van der Waals surface area contributed by atoms with Gasteiger partial charge >= 0.3 is 6.18 Å².